The van der Waals surface area contributed by atoms with E-state index in [0.717, 1.165) is 11.3 Å². The Kier molecular flexibility index (Phi) is 6.22. The summed E-state index contributed by atoms with van der Waals surface area (Å²) in [6.07, 6.45) is 1.67. The second-order valence-electron chi connectivity index (χ2n) is 5.66. The monoisotopic (exact) mass is 378 g/mol. The summed E-state index contributed by atoms with van der Waals surface area (Å²) in [6.45, 7) is 0. The van der Waals surface area contributed by atoms with Gasteiger partial charge in [0.05, 0.1) is 18.2 Å². The van der Waals surface area contributed by atoms with Crippen molar-refractivity contribution in [3.63, 3.8) is 0 Å². The van der Waals surface area contributed by atoms with Crippen LogP contribution in [0, 0.1) is 0 Å². The molecule has 136 valence electrons. The Labute approximate surface area is 161 Å². The smallest absolute Gasteiger partial charge is 0.337 e. The zero-order valence-electron chi connectivity index (χ0n) is 14.7. The minimum atomic E-state index is -0.452. The fourth-order valence-electron chi connectivity index (χ4n) is 2.44. The number of anilines is 1. The maximum Gasteiger partial charge on any atom is 0.337 e. The number of nitrogens with one attached hydrogen (secondary N) is 1. The summed E-state index contributed by atoms with van der Waals surface area (Å²) in [6, 6.07) is 20.1. The third-order valence-corrected chi connectivity index (χ3v) is 4.85. The molecule has 1 amide bonds. The molecule has 0 fully saturated rings. The van der Waals surface area contributed by atoms with Crippen LogP contribution in [0.25, 0.3) is 0 Å². The van der Waals surface area contributed by atoms with E-state index in [4.69, 9.17) is 4.74 Å². The Morgan fingerprint density at radius 3 is 2.63 bits per heavy atom. The Balaban J connectivity index is 1.74. The summed E-state index contributed by atoms with van der Waals surface area (Å²) in [4.78, 5) is 28.7. The molecule has 2 aromatic carbocycles. The van der Waals surface area contributed by atoms with Gasteiger partial charge in [-0.05, 0) is 35.9 Å². The van der Waals surface area contributed by atoms with Crippen molar-refractivity contribution in [2.24, 2.45) is 0 Å². The highest BCUT2D eigenvalue weighted by atomic mass is 32.2. The van der Waals surface area contributed by atoms with Crippen LogP contribution in [0.2, 0.25) is 0 Å². The van der Waals surface area contributed by atoms with Crippen LogP contribution in [0.4, 0.5) is 5.69 Å². The van der Waals surface area contributed by atoms with Crippen LogP contribution in [0.3, 0.4) is 0 Å². The van der Waals surface area contributed by atoms with E-state index in [0.29, 0.717) is 21.8 Å². The van der Waals surface area contributed by atoms with Crippen LogP contribution in [0.15, 0.2) is 78.0 Å². The van der Waals surface area contributed by atoms with Crippen molar-refractivity contribution in [3.8, 4) is 0 Å². The summed E-state index contributed by atoms with van der Waals surface area (Å²) in [5.41, 5.74) is 2.54. The SMILES string of the molecule is COC(=O)c1cccc(NC(=O)c2cccnc2SCc2ccccc2)c1. The van der Waals surface area contributed by atoms with Crippen LogP contribution in [0.5, 0.6) is 0 Å². The molecule has 0 atom stereocenters. The van der Waals surface area contributed by atoms with Crippen LogP contribution in [-0.2, 0) is 10.5 Å². The maximum atomic E-state index is 12.7. The first-order valence-corrected chi connectivity index (χ1v) is 9.27. The molecule has 1 N–H and O–H groups in total. The first kappa shape index (κ1) is 18.7. The predicted octanol–water partition coefficient (Wildman–Crippen LogP) is 4.41. The molecular weight excluding hydrogens is 360 g/mol. The molecule has 0 radical (unpaired) electrons. The number of aromatic nitrogens is 1. The number of pyridine rings is 1. The van der Waals surface area contributed by atoms with E-state index in [1.807, 2.05) is 30.3 Å². The van der Waals surface area contributed by atoms with E-state index < -0.39 is 5.97 Å². The van der Waals surface area contributed by atoms with Gasteiger partial charge in [-0.1, -0.05) is 36.4 Å². The van der Waals surface area contributed by atoms with Gasteiger partial charge in [0.25, 0.3) is 5.91 Å². The van der Waals surface area contributed by atoms with Gasteiger partial charge in [-0.25, -0.2) is 9.78 Å². The molecule has 0 aliphatic rings. The Morgan fingerprint density at radius 1 is 1.04 bits per heavy atom. The number of methoxy groups -OCH3 is 1. The van der Waals surface area contributed by atoms with Crippen molar-refractivity contribution in [1.82, 2.24) is 4.98 Å². The molecule has 0 saturated heterocycles. The Bertz CT molecular complexity index is 945. The second kappa shape index (κ2) is 9.00. The third-order valence-electron chi connectivity index (χ3n) is 3.78. The lowest BCUT2D eigenvalue weighted by atomic mass is 10.2. The quantitative estimate of drug-likeness (QED) is 0.508. The van der Waals surface area contributed by atoms with Crippen molar-refractivity contribution in [1.29, 1.82) is 0 Å². The number of carbonyl (C=O) groups excluding carboxylic acids is 2. The molecule has 3 aromatic rings. The number of esters is 1. The molecule has 0 unspecified atom stereocenters. The van der Waals surface area contributed by atoms with Gasteiger partial charge < -0.3 is 10.1 Å². The van der Waals surface area contributed by atoms with E-state index in [1.165, 1.54) is 18.9 Å². The number of rotatable bonds is 6. The van der Waals surface area contributed by atoms with Crippen molar-refractivity contribution in [2.75, 3.05) is 12.4 Å². The van der Waals surface area contributed by atoms with Gasteiger partial charge in [-0.15, -0.1) is 11.8 Å². The summed E-state index contributed by atoms with van der Waals surface area (Å²) in [7, 11) is 1.32. The third kappa shape index (κ3) is 4.95. The van der Waals surface area contributed by atoms with Gasteiger partial charge in [-0.2, -0.15) is 0 Å². The standard InChI is InChI=1S/C21H18N2O3S/c1-26-21(25)16-9-5-10-17(13-16)23-19(24)18-11-6-12-22-20(18)27-14-15-7-3-2-4-8-15/h2-13H,14H2,1H3,(H,23,24). The number of benzene rings is 2. The highest BCUT2D eigenvalue weighted by Gasteiger charge is 2.14. The summed E-state index contributed by atoms with van der Waals surface area (Å²) < 4.78 is 4.71. The normalized spacial score (nSPS) is 10.3. The number of nitrogens with zero attached hydrogens (tertiary/aromatic N) is 1. The van der Waals surface area contributed by atoms with E-state index in [1.54, 1.807) is 42.6 Å². The van der Waals surface area contributed by atoms with E-state index in [9.17, 15) is 9.59 Å². The number of amides is 1. The lowest BCUT2D eigenvalue weighted by Crippen LogP contribution is -2.14. The molecule has 0 saturated carbocycles. The van der Waals surface area contributed by atoms with Gasteiger partial charge in [-0.3, -0.25) is 4.79 Å². The Hall–Kier alpha value is -3.12. The lowest BCUT2D eigenvalue weighted by molar-refractivity contribution is 0.0600. The summed E-state index contributed by atoms with van der Waals surface area (Å²) >= 11 is 1.50. The molecule has 1 heterocycles. The van der Waals surface area contributed by atoms with Gasteiger partial charge in [0.1, 0.15) is 5.03 Å². The molecule has 1 aromatic heterocycles. The summed E-state index contributed by atoms with van der Waals surface area (Å²) in [5, 5.41) is 3.47. The number of carbonyl (C=O) groups is 2. The lowest BCUT2D eigenvalue weighted by Gasteiger charge is -2.10. The van der Waals surface area contributed by atoms with Crippen molar-refractivity contribution in [3.05, 3.63) is 89.6 Å². The molecule has 6 heteroatoms. The van der Waals surface area contributed by atoms with Gasteiger partial charge in [0.2, 0.25) is 0 Å². The van der Waals surface area contributed by atoms with Gasteiger partial charge >= 0.3 is 5.97 Å². The Morgan fingerprint density at radius 2 is 1.85 bits per heavy atom. The van der Waals surface area contributed by atoms with Crippen LogP contribution in [-0.4, -0.2) is 24.0 Å². The zero-order valence-corrected chi connectivity index (χ0v) is 15.5. The molecule has 0 bridgehead atoms. The number of thioether (sulfide) groups is 1. The fraction of sp³-hybridized carbons (Fsp3) is 0.0952. The average Bonchev–Trinajstić information content (AvgIpc) is 2.72. The average molecular weight is 378 g/mol. The number of ether oxygens (including phenoxy) is 1. The highest BCUT2D eigenvalue weighted by Crippen LogP contribution is 2.25. The zero-order chi connectivity index (χ0) is 19.1. The van der Waals surface area contributed by atoms with E-state index in [2.05, 4.69) is 10.3 Å². The van der Waals surface area contributed by atoms with Crippen LogP contribution < -0.4 is 5.32 Å². The van der Waals surface area contributed by atoms with Crippen molar-refractivity contribution >= 4 is 29.3 Å². The van der Waals surface area contributed by atoms with Crippen LogP contribution in [0.1, 0.15) is 26.3 Å². The molecule has 0 aliphatic heterocycles. The second-order valence-corrected chi connectivity index (χ2v) is 6.62. The first-order valence-electron chi connectivity index (χ1n) is 8.29. The molecule has 27 heavy (non-hydrogen) atoms. The minimum Gasteiger partial charge on any atom is -0.465 e. The van der Waals surface area contributed by atoms with E-state index >= 15 is 0 Å². The van der Waals surface area contributed by atoms with Crippen molar-refractivity contribution < 1.29 is 14.3 Å². The topological polar surface area (TPSA) is 68.3 Å². The predicted molar refractivity (Wildman–Crippen MR) is 106 cm³/mol. The van der Waals surface area contributed by atoms with Gasteiger partial charge in [0, 0.05) is 17.6 Å². The first-order chi connectivity index (χ1) is 13.2. The minimum absolute atomic E-state index is 0.277. The van der Waals surface area contributed by atoms with Crippen LogP contribution >= 0.6 is 11.8 Å². The largest absolute Gasteiger partial charge is 0.465 e. The van der Waals surface area contributed by atoms with Gasteiger partial charge in [0.15, 0.2) is 0 Å². The molecule has 0 aliphatic carbocycles. The van der Waals surface area contributed by atoms with E-state index in [-0.39, 0.29) is 5.91 Å². The van der Waals surface area contributed by atoms with Crippen molar-refractivity contribution in [2.45, 2.75) is 10.8 Å². The molecule has 3 rings (SSSR count). The molecule has 5 nitrogen and oxygen atoms in total. The maximum absolute atomic E-state index is 12.7. The highest BCUT2D eigenvalue weighted by molar-refractivity contribution is 7.98. The molecular formula is C21H18N2O3S. The number of hydrogen-bond acceptors (Lipinski definition) is 5. The number of hydrogen-bond donors (Lipinski definition) is 1. The fourth-order valence-corrected chi connectivity index (χ4v) is 3.39. The molecule has 0 spiro atoms. The summed E-state index contributed by atoms with van der Waals surface area (Å²) in [5.74, 6) is -0.0112.